The van der Waals surface area contributed by atoms with Crippen LogP contribution < -0.4 is 10.2 Å². The highest BCUT2D eigenvalue weighted by molar-refractivity contribution is 5.96. The van der Waals surface area contributed by atoms with E-state index in [-0.39, 0.29) is 18.0 Å². The maximum absolute atomic E-state index is 12.6. The van der Waals surface area contributed by atoms with Gasteiger partial charge >= 0.3 is 0 Å². The van der Waals surface area contributed by atoms with Crippen LogP contribution in [-0.2, 0) is 4.79 Å². The molecule has 0 aliphatic heterocycles. The molecule has 0 saturated carbocycles. The van der Waals surface area contributed by atoms with Crippen molar-refractivity contribution >= 4 is 17.3 Å². The maximum atomic E-state index is 12.6. The van der Waals surface area contributed by atoms with Crippen LogP contribution in [0, 0.1) is 0 Å². The summed E-state index contributed by atoms with van der Waals surface area (Å²) in [4.78, 5) is 14.4. The third-order valence-corrected chi connectivity index (χ3v) is 4.84. The third kappa shape index (κ3) is 4.37. The van der Waals surface area contributed by atoms with Crippen molar-refractivity contribution in [2.45, 2.75) is 32.9 Å². The first-order valence-electron chi connectivity index (χ1n) is 9.33. The van der Waals surface area contributed by atoms with E-state index in [4.69, 9.17) is 0 Å². The van der Waals surface area contributed by atoms with Gasteiger partial charge in [0.1, 0.15) is 0 Å². The zero-order valence-electron chi connectivity index (χ0n) is 16.1. The van der Waals surface area contributed by atoms with Gasteiger partial charge in [-0.3, -0.25) is 4.79 Å². The first-order chi connectivity index (χ1) is 13.1. The van der Waals surface area contributed by atoms with Crippen molar-refractivity contribution < 1.29 is 4.79 Å². The second-order valence-electron chi connectivity index (χ2n) is 6.77. The molecule has 0 aliphatic carbocycles. The van der Waals surface area contributed by atoms with Crippen LogP contribution in [0.2, 0.25) is 0 Å². The molecule has 3 aromatic rings. The van der Waals surface area contributed by atoms with E-state index in [1.807, 2.05) is 65.6 Å². The number of para-hydroxylation sites is 2. The molecule has 27 heavy (non-hydrogen) atoms. The highest BCUT2D eigenvalue weighted by Gasteiger charge is 2.23. The van der Waals surface area contributed by atoms with E-state index in [1.54, 1.807) is 6.92 Å². The van der Waals surface area contributed by atoms with E-state index < -0.39 is 0 Å². The van der Waals surface area contributed by atoms with Crippen LogP contribution >= 0.6 is 0 Å². The molecule has 3 nitrogen and oxygen atoms in total. The van der Waals surface area contributed by atoms with Crippen LogP contribution in [0.5, 0.6) is 0 Å². The standard InChI is InChI=1S/C24H26N2O/c1-18(21-12-6-4-7-13-21)25-23-16-10-11-17-24(23)26(20(3)27)19(2)22-14-8-5-9-15-22/h4-19,25H,1-3H3/t18-,19-/m0/s1. The fourth-order valence-electron chi connectivity index (χ4n) is 3.40. The van der Waals surface area contributed by atoms with Gasteiger partial charge in [-0.15, -0.1) is 0 Å². The van der Waals surface area contributed by atoms with Crippen LogP contribution in [0.15, 0.2) is 84.9 Å². The lowest BCUT2D eigenvalue weighted by Gasteiger charge is -2.31. The summed E-state index contributed by atoms with van der Waals surface area (Å²) in [5.74, 6) is 0.0213. The average molecular weight is 358 g/mol. The highest BCUT2D eigenvalue weighted by Crippen LogP contribution is 2.34. The fourth-order valence-corrected chi connectivity index (χ4v) is 3.40. The van der Waals surface area contributed by atoms with Crippen LogP contribution in [-0.4, -0.2) is 5.91 Å². The minimum absolute atomic E-state index is 0.0213. The monoisotopic (exact) mass is 358 g/mol. The van der Waals surface area contributed by atoms with E-state index >= 15 is 0 Å². The van der Waals surface area contributed by atoms with Crippen LogP contribution in [0.25, 0.3) is 0 Å². The number of nitrogens with one attached hydrogen (secondary N) is 1. The first-order valence-corrected chi connectivity index (χ1v) is 9.33. The second kappa shape index (κ2) is 8.54. The van der Waals surface area contributed by atoms with Crippen molar-refractivity contribution in [1.29, 1.82) is 0 Å². The summed E-state index contributed by atoms with van der Waals surface area (Å²) in [7, 11) is 0. The minimum Gasteiger partial charge on any atom is -0.377 e. The summed E-state index contributed by atoms with van der Waals surface area (Å²) in [6.07, 6.45) is 0. The predicted octanol–water partition coefficient (Wildman–Crippen LogP) is 5.97. The molecule has 0 aliphatic rings. The van der Waals surface area contributed by atoms with E-state index in [1.165, 1.54) is 5.56 Å². The predicted molar refractivity (Wildman–Crippen MR) is 113 cm³/mol. The van der Waals surface area contributed by atoms with E-state index in [0.717, 1.165) is 16.9 Å². The summed E-state index contributed by atoms with van der Waals surface area (Å²) in [5.41, 5.74) is 4.16. The van der Waals surface area contributed by atoms with E-state index in [0.29, 0.717) is 0 Å². The SMILES string of the molecule is CC(=O)N(c1ccccc1N[C@@H](C)c1ccccc1)[C@@H](C)c1ccccc1. The van der Waals surface area contributed by atoms with Gasteiger partial charge in [0.25, 0.3) is 0 Å². The fraction of sp³-hybridized carbons (Fsp3) is 0.208. The Bertz CT molecular complexity index is 877. The Labute approximate surface area is 161 Å². The number of anilines is 2. The molecule has 3 rings (SSSR count). The Hall–Kier alpha value is -3.07. The molecule has 0 bridgehead atoms. The lowest BCUT2D eigenvalue weighted by Crippen LogP contribution is -2.32. The van der Waals surface area contributed by atoms with Gasteiger partial charge in [0.15, 0.2) is 0 Å². The molecular formula is C24H26N2O. The van der Waals surface area contributed by atoms with Crippen molar-refractivity contribution in [2.24, 2.45) is 0 Å². The molecule has 2 atom stereocenters. The van der Waals surface area contributed by atoms with Gasteiger partial charge in [-0.2, -0.15) is 0 Å². The molecule has 3 heteroatoms. The number of rotatable bonds is 6. The molecule has 0 heterocycles. The first kappa shape index (κ1) is 18.7. The van der Waals surface area contributed by atoms with Gasteiger partial charge in [-0.05, 0) is 37.1 Å². The Morgan fingerprint density at radius 1 is 0.778 bits per heavy atom. The number of nitrogens with zero attached hydrogens (tertiary/aromatic N) is 1. The Morgan fingerprint density at radius 3 is 1.89 bits per heavy atom. The van der Waals surface area contributed by atoms with Crippen LogP contribution in [0.1, 0.15) is 44.0 Å². The summed E-state index contributed by atoms with van der Waals surface area (Å²) in [6, 6.07) is 28.5. The lowest BCUT2D eigenvalue weighted by molar-refractivity contribution is -0.117. The third-order valence-electron chi connectivity index (χ3n) is 4.84. The molecule has 1 amide bonds. The molecule has 0 aromatic heterocycles. The normalized spacial score (nSPS) is 12.9. The van der Waals surface area contributed by atoms with E-state index in [9.17, 15) is 4.79 Å². The summed E-state index contributed by atoms with van der Waals surface area (Å²) < 4.78 is 0. The van der Waals surface area contributed by atoms with Gasteiger partial charge in [0.05, 0.1) is 17.4 Å². The van der Waals surface area contributed by atoms with Gasteiger partial charge in [0, 0.05) is 13.0 Å². The van der Waals surface area contributed by atoms with Crippen LogP contribution in [0.3, 0.4) is 0 Å². The Morgan fingerprint density at radius 2 is 1.30 bits per heavy atom. The molecule has 3 aromatic carbocycles. The molecular weight excluding hydrogens is 332 g/mol. The minimum atomic E-state index is -0.0568. The van der Waals surface area contributed by atoms with Crippen LogP contribution in [0.4, 0.5) is 11.4 Å². The Kier molecular flexibility index (Phi) is 5.92. The van der Waals surface area contributed by atoms with Crippen molar-refractivity contribution in [1.82, 2.24) is 0 Å². The summed E-state index contributed by atoms with van der Waals surface area (Å²) >= 11 is 0. The molecule has 138 valence electrons. The molecule has 1 N–H and O–H groups in total. The van der Waals surface area contributed by atoms with Gasteiger partial charge < -0.3 is 10.2 Å². The second-order valence-corrected chi connectivity index (χ2v) is 6.77. The smallest absolute Gasteiger partial charge is 0.224 e. The van der Waals surface area contributed by atoms with E-state index in [2.05, 4.69) is 43.4 Å². The number of benzene rings is 3. The van der Waals surface area contributed by atoms with Crippen molar-refractivity contribution in [3.05, 3.63) is 96.1 Å². The highest BCUT2D eigenvalue weighted by atomic mass is 16.2. The number of carbonyl (C=O) groups excluding carboxylic acids is 1. The number of amides is 1. The molecule has 0 spiro atoms. The molecule has 0 fully saturated rings. The largest absolute Gasteiger partial charge is 0.377 e. The number of hydrogen-bond acceptors (Lipinski definition) is 2. The van der Waals surface area contributed by atoms with Crippen molar-refractivity contribution in [2.75, 3.05) is 10.2 Å². The van der Waals surface area contributed by atoms with Gasteiger partial charge in [-0.25, -0.2) is 0 Å². The number of hydrogen-bond donors (Lipinski definition) is 1. The zero-order valence-corrected chi connectivity index (χ0v) is 16.1. The lowest BCUT2D eigenvalue weighted by atomic mass is 10.0. The molecule has 0 unspecified atom stereocenters. The Balaban J connectivity index is 1.94. The topological polar surface area (TPSA) is 32.3 Å². The molecule has 0 radical (unpaired) electrons. The average Bonchev–Trinajstić information content (AvgIpc) is 2.70. The summed E-state index contributed by atoms with van der Waals surface area (Å²) in [5, 5.41) is 3.57. The van der Waals surface area contributed by atoms with Gasteiger partial charge in [0.2, 0.25) is 5.91 Å². The summed E-state index contributed by atoms with van der Waals surface area (Å²) in [6.45, 7) is 5.82. The van der Waals surface area contributed by atoms with Gasteiger partial charge in [-0.1, -0.05) is 72.8 Å². The number of carbonyl (C=O) groups is 1. The zero-order chi connectivity index (χ0) is 19.2. The van der Waals surface area contributed by atoms with Crippen molar-refractivity contribution in [3.8, 4) is 0 Å². The van der Waals surface area contributed by atoms with Crippen molar-refractivity contribution in [3.63, 3.8) is 0 Å². The molecule has 0 saturated heterocycles. The quantitative estimate of drug-likeness (QED) is 0.588. The maximum Gasteiger partial charge on any atom is 0.224 e.